The van der Waals surface area contributed by atoms with E-state index in [4.69, 9.17) is 11.6 Å². The van der Waals surface area contributed by atoms with Gasteiger partial charge in [0, 0.05) is 23.1 Å². The van der Waals surface area contributed by atoms with Gasteiger partial charge in [0.05, 0.1) is 18.2 Å². The van der Waals surface area contributed by atoms with Crippen molar-refractivity contribution in [3.05, 3.63) is 75.2 Å². The quantitative estimate of drug-likeness (QED) is 0.768. The second kappa shape index (κ2) is 6.98. The summed E-state index contributed by atoms with van der Waals surface area (Å²) in [5.74, 6) is -0.0296. The summed E-state index contributed by atoms with van der Waals surface area (Å²) in [6.07, 6.45) is 2.23. The number of halogens is 1. The van der Waals surface area contributed by atoms with Crippen molar-refractivity contribution >= 4 is 28.8 Å². The van der Waals surface area contributed by atoms with E-state index in [9.17, 15) is 4.79 Å². The molecule has 1 atom stereocenters. The zero-order valence-corrected chi connectivity index (χ0v) is 14.1. The summed E-state index contributed by atoms with van der Waals surface area (Å²) < 4.78 is 1.73. The largest absolute Gasteiger partial charge is 0.343 e. The Hall–Kier alpha value is -2.11. The molecule has 118 valence electrons. The number of aryl methyl sites for hydroxylation is 1. The molecular formula is C17H16ClN3OS. The van der Waals surface area contributed by atoms with Crippen LogP contribution < -0.4 is 5.32 Å². The highest BCUT2D eigenvalue weighted by molar-refractivity contribution is 7.10. The fraction of sp³-hybridized carbons (Fsp3) is 0.176. The molecule has 4 nitrogen and oxygen atoms in total. The van der Waals surface area contributed by atoms with Gasteiger partial charge in [-0.2, -0.15) is 5.10 Å². The van der Waals surface area contributed by atoms with Crippen molar-refractivity contribution in [1.29, 1.82) is 0 Å². The third-order valence-electron chi connectivity index (χ3n) is 3.45. The fourth-order valence-corrected chi connectivity index (χ4v) is 3.18. The van der Waals surface area contributed by atoms with Crippen LogP contribution in [0.15, 0.2) is 54.0 Å². The van der Waals surface area contributed by atoms with Gasteiger partial charge in [0.2, 0.25) is 5.91 Å². The van der Waals surface area contributed by atoms with Gasteiger partial charge >= 0.3 is 0 Å². The highest BCUT2D eigenvalue weighted by atomic mass is 35.5. The minimum Gasteiger partial charge on any atom is -0.343 e. The summed E-state index contributed by atoms with van der Waals surface area (Å²) in [6, 6.07) is 13.0. The van der Waals surface area contributed by atoms with Crippen LogP contribution in [0.4, 0.5) is 0 Å². The topological polar surface area (TPSA) is 46.9 Å². The number of rotatable bonds is 5. The van der Waals surface area contributed by atoms with E-state index in [1.165, 1.54) is 0 Å². The van der Waals surface area contributed by atoms with Gasteiger partial charge in [-0.15, -0.1) is 11.3 Å². The number of thiophene rings is 1. The number of hydrogen-bond acceptors (Lipinski definition) is 3. The minimum atomic E-state index is -0.291. The highest BCUT2D eigenvalue weighted by Crippen LogP contribution is 2.22. The van der Waals surface area contributed by atoms with Crippen molar-refractivity contribution in [2.75, 3.05) is 0 Å². The van der Waals surface area contributed by atoms with E-state index in [2.05, 4.69) is 10.4 Å². The van der Waals surface area contributed by atoms with E-state index >= 15 is 0 Å². The Bertz CT molecular complexity index is 781. The first kappa shape index (κ1) is 15.8. The molecule has 3 aromatic rings. The maximum Gasteiger partial charge on any atom is 0.226 e. The van der Waals surface area contributed by atoms with Gasteiger partial charge in [-0.3, -0.25) is 9.48 Å². The van der Waals surface area contributed by atoms with Crippen molar-refractivity contribution in [2.45, 2.75) is 12.5 Å². The summed E-state index contributed by atoms with van der Waals surface area (Å²) in [5.41, 5.74) is 1.75. The van der Waals surface area contributed by atoms with Crippen molar-refractivity contribution in [2.24, 2.45) is 7.05 Å². The van der Waals surface area contributed by atoms with Crippen molar-refractivity contribution in [3.8, 4) is 0 Å². The molecule has 1 amide bonds. The van der Waals surface area contributed by atoms with E-state index in [1.807, 2.05) is 61.1 Å². The maximum absolute atomic E-state index is 12.4. The Morgan fingerprint density at radius 2 is 2.09 bits per heavy atom. The molecule has 6 heteroatoms. The van der Waals surface area contributed by atoms with E-state index < -0.39 is 0 Å². The number of carbonyl (C=O) groups is 1. The third kappa shape index (κ3) is 4.00. The first-order valence-electron chi connectivity index (χ1n) is 7.18. The minimum absolute atomic E-state index is 0.0296. The third-order valence-corrected chi connectivity index (χ3v) is 4.58. The number of amides is 1. The van der Waals surface area contributed by atoms with Crippen LogP contribution in [0.25, 0.3) is 0 Å². The first-order valence-corrected chi connectivity index (χ1v) is 8.44. The van der Waals surface area contributed by atoms with Gasteiger partial charge in [-0.05, 0) is 35.2 Å². The predicted molar refractivity (Wildman–Crippen MR) is 92.7 cm³/mol. The molecule has 0 bridgehead atoms. The van der Waals surface area contributed by atoms with Gasteiger partial charge in [0.15, 0.2) is 0 Å². The van der Waals surface area contributed by atoms with E-state index in [1.54, 1.807) is 16.0 Å². The van der Waals surface area contributed by atoms with Crippen LogP contribution in [-0.2, 0) is 18.3 Å². The Kier molecular flexibility index (Phi) is 4.79. The zero-order valence-electron chi connectivity index (χ0n) is 12.6. The van der Waals surface area contributed by atoms with Gasteiger partial charge in [0.1, 0.15) is 0 Å². The Labute approximate surface area is 143 Å². The summed E-state index contributed by atoms with van der Waals surface area (Å²) in [5, 5.41) is 10.1. The van der Waals surface area contributed by atoms with Crippen LogP contribution in [0.3, 0.4) is 0 Å². The van der Waals surface area contributed by atoms with Crippen LogP contribution in [0.5, 0.6) is 0 Å². The monoisotopic (exact) mass is 345 g/mol. The zero-order chi connectivity index (χ0) is 16.2. The van der Waals surface area contributed by atoms with Crippen LogP contribution in [0, 0.1) is 0 Å². The average Bonchev–Trinajstić information content (AvgIpc) is 3.17. The van der Waals surface area contributed by atoms with E-state index in [0.717, 1.165) is 16.1 Å². The van der Waals surface area contributed by atoms with Crippen molar-refractivity contribution in [3.63, 3.8) is 0 Å². The molecule has 3 rings (SSSR count). The van der Waals surface area contributed by atoms with Crippen LogP contribution >= 0.6 is 22.9 Å². The maximum atomic E-state index is 12.4. The molecule has 1 aromatic carbocycles. The van der Waals surface area contributed by atoms with E-state index in [0.29, 0.717) is 11.4 Å². The van der Waals surface area contributed by atoms with Gasteiger partial charge in [0.25, 0.3) is 0 Å². The van der Waals surface area contributed by atoms with Crippen LogP contribution in [-0.4, -0.2) is 15.7 Å². The second-order valence-corrected chi connectivity index (χ2v) is 6.69. The number of hydrogen-bond donors (Lipinski definition) is 1. The molecule has 0 spiro atoms. The Balaban J connectivity index is 1.83. The van der Waals surface area contributed by atoms with Gasteiger partial charge in [-0.1, -0.05) is 29.8 Å². The SMILES string of the molecule is Cn1ccc([C@H](NC(=O)Cc2cccs2)c2ccc(Cl)cc2)n1. The predicted octanol–water partition coefficient (Wildman–Crippen LogP) is 3.58. The van der Waals surface area contributed by atoms with Gasteiger partial charge < -0.3 is 5.32 Å². The lowest BCUT2D eigenvalue weighted by Crippen LogP contribution is -2.30. The van der Waals surface area contributed by atoms with Crippen molar-refractivity contribution in [1.82, 2.24) is 15.1 Å². The smallest absolute Gasteiger partial charge is 0.226 e. The fourth-order valence-electron chi connectivity index (χ4n) is 2.35. The second-order valence-electron chi connectivity index (χ2n) is 5.22. The van der Waals surface area contributed by atoms with Crippen molar-refractivity contribution < 1.29 is 4.79 Å². The Morgan fingerprint density at radius 1 is 1.30 bits per heavy atom. The summed E-state index contributed by atoms with van der Waals surface area (Å²) >= 11 is 7.54. The summed E-state index contributed by atoms with van der Waals surface area (Å²) in [7, 11) is 1.86. The number of aromatic nitrogens is 2. The van der Waals surface area contributed by atoms with Crippen LogP contribution in [0.2, 0.25) is 5.02 Å². The molecule has 0 aliphatic carbocycles. The molecule has 0 saturated carbocycles. The molecular weight excluding hydrogens is 330 g/mol. The lowest BCUT2D eigenvalue weighted by atomic mass is 10.0. The molecule has 0 saturated heterocycles. The number of nitrogens with zero attached hydrogens (tertiary/aromatic N) is 2. The molecule has 0 unspecified atom stereocenters. The molecule has 0 fully saturated rings. The lowest BCUT2D eigenvalue weighted by Gasteiger charge is -2.17. The molecule has 2 aromatic heterocycles. The molecule has 23 heavy (non-hydrogen) atoms. The lowest BCUT2D eigenvalue weighted by molar-refractivity contribution is -0.120. The summed E-state index contributed by atoms with van der Waals surface area (Å²) in [6.45, 7) is 0. The molecule has 1 N–H and O–H groups in total. The summed E-state index contributed by atoms with van der Waals surface area (Å²) in [4.78, 5) is 13.4. The van der Waals surface area contributed by atoms with E-state index in [-0.39, 0.29) is 11.9 Å². The average molecular weight is 346 g/mol. The Morgan fingerprint density at radius 3 is 2.70 bits per heavy atom. The number of benzene rings is 1. The highest BCUT2D eigenvalue weighted by Gasteiger charge is 2.19. The number of carbonyl (C=O) groups excluding carboxylic acids is 1. The molecule has 2 heterocycles. The standard InChI is InChI=1S/C17H16ClN3OS/c1-21-9-8-15(20-21)17(12-4-6-13(18)7-5-12)19-16(22)11-14-3-2-10-23-14/h2-10,17H,11H2,1H3,(H,19,22)/t17-/m1/s1. The molecule has 0 aliphatic rings. The van der Waals surface area contributed by atoms with Crippen LogP contribution in [0.1, 0.15) is 22.2 Å². The van der Waals surface area contributed by atoms with Gasteiger partial charge in [-0.25, -0.2) is 0 Å². The number of nitrogens with one attached hydrogen (secondary N) is 1. The molecule has 0 aliphatic heterocycles. The first-order chi connectivity index (χ1) is 11.1. The molecule has 0 radical (unpaired) electrons. The normalized spacial score (nSPS) is 12.1.